The molecule has 2 aliphatic heterocycles. The van der Waals surface area contributed by atoms with Crippen molar-refractivity contribution in [3.63, 3.8) is 0 Å². The second kappa shape index (κ2) is 9.95. The fourth-order valence-electron chi connectivity index (χ4n) is 4.07. The Morgan fingerprint density at radius 2 is 1.61 bits per heavy atom. The molecule has 2 N–H and O–H groups in total. The van der Waals surface area contributed by atoms with Crippen LogP contribution in [0.5, 0.6) is 0 Å². The van der Waals surface area contributed by atoms with Gasteiger partial charge < -0.3 is 15.3 Å². The molecule has 1 aromatic rings. The number of piperidine rings is 1. The number of benzene rings is 1. The number of nitrogens with one attached hydrogen (secondary N) is 1. The van der Waals surface area contributed by atoms with Gasteiger partial charge >= 0.3 is 6.09 Å². The largest absolute Gasteiger partial charge is 0.465 e. The van der Waals surface area contributed by atoms with E-state index in [1.165, 1.54) is 37.8 Å². The van der Waals surface area contributed by atoms with E-state index < -0.39 is 32.1 Å². The van der Waals surface area contributed by atoms with Crippen LogP contribution in [0.15, 0.2) is 34.1 Å². The molecule has 1 aromatic carbocycles. The van der Waals surface area contributed by atoms with Gasteiger partial charge in [0.25, 0.3) is 0 Å². The molecule has 0 bridgehead atoms. The maximum absolute atomic E-state index is 13.1. The molecule has 1 atom stereocenters. The SMILES string of the molecule is CCN(CC)S(=O)(=O)c1ccc(S(=O)(=O)N2CCC[C@@H](C(=O)NC3CN(C(=O)O)C3)C2)cc1. The van der Waals surface area contributed by atoms with Crippen molar-refractivity contribution in [3.05, 3.63) is 24.3 Å². The lowest BCUT2D eigenvalue weighted by Gasteiger charge is -2.39. The molecule has 2 amide bonds. The van der Waals surface area contributed by atoms with Crippen molar-refractivity contribution in [2.75, 3.05) is 39.3 Å². The number of likely N-dealkylation sites (tertiary alicyclic amines) is 1. The van der Waals surface area contributed by atoms with Crippen molar-refractivity contribution in [2.45, 2.75) is 42.5 Å². The zero-order chi connectivity index (χ0) is 24.4. The summed E-state index contributed by atoms with van der Waals surface area (Å²) in [5.41, 5.74) is 0. The van der Waals surface area contributed by atoms with E-state index in [1.807, 2.05) is 0 Å². The van der Waals surface area contributed by atoms with E-state index >= 15 is 0 Å². The number of hydrogen-bond acceptors (Lipinski definition) is 6. The zero-order valence-electron chi connectivity index (χ0n) is 18.7. The van der Waals surface area contributed by atoms with E-state index in [0.717, 1.165) is 0 Å². The van der Waals surface area contributed by atoms with Gasteiger partial charge in [0.05, 0.1) is 21.8 Å². The van der Waals surface area contributed by atoms with Gasteiger partial charge in [-0.1, -0.05) is 13.8 Å². The van der Waals surface area contributed by atoms with Crippen molar-refractivity contribution in [1.29, 1.82) is 0 Å². The van der Waals surface area contributed by atoms with Gasteiger partial charge in [0, 0.05) is 39.3 Å². The number of sulfonamides is 2. The van der Waals surface area contributed by atoms with E-state index in [2.05, 4.69) is 5.32 Å². The van der Waals surface area contributed by atoms with Crippen LogP contribution in [0.2, 0.25) is 0 Å². The monoisotopic (exact) mass is 502 g/mol. The number of carbonyl (C=O) groups excluding carboxylic acids is 1. The van der Waals surface area contributed by atoms with Crippen molar-refractivity contribution >= 4 is 32.0 Å². The third-order valence-corrected chi connectivity index (χ3v) is 10.0. The molecule has 184 valence electrons. The zero-order valence-corrected chi connectivity index (χ0v) is 20.3. The topological polar surface area (TPSA) is 144 Å². The van der Waals surface area contributed by atoms with E-state index in [9.17, 15) is 26.4 Å². The van der Waals surface area contributed by atoms with Gasteiger partial charge in [0.2, 0.25) is 26.0 Å². The second-order valence-corrected chi connectivity index (χ2v) is 12.0. The average Bonchev–Trinajstić information content (AvgIpc) is 2.76. The van der Waals surface area contributed by atoms with Gasteiger partial charge in [0.1, 0.15) is 0 Å². The molecule has 2 heterocycles. The highest BCUT2D eigenvalue weighted by Gasteiger charge is 2.37. The van der Waals surface area contributed by atoms with Crippen LogP contribution in [0.1, 0.15) is 26.7 Å². The number of amides is 2. The standard InChI is InChI=1S/C20H30N4O7S2/c1-3-23(4-2)32(28,29)17-7-9-18(10-8-17)33(30,31)24-11-5-6-15(12-24)19(25)21-16-13-22(14-16)20(26)27/h7-10,15-16H,3-6,11-14H2,1-2H3,(H,21,25)(H,26,27)/t15-/m1/s1. The summed E-state index contributed by atoms with van der Waals surface area (Å²) in [6, 6.07) is 4.88. The summed E-state index contributed by atoms with van der Waals surface area (Å²) >= 11 is 0. The molecule has 0 unspecified atom stereocenters. The maximum Gasteiger partial charge on any atom is 0.407 e. The Hall–Kier alpha value is -2.22. The minimum absolute atomic E-state index is 0.0169. The first-order chi connectivity index (χ1) is 15.5. The molecule has 3 rings (SSSR count). The molecule has 2 saturated heterocycles. The third-order valence-electron chi connectivity index (χ3n) is 6.06. The van der Waals surface area contributed by atoms with E-state index in [4.69, 9.17) is 5.11 Å². The third kappa shape index (κ3) is 5.31. The highest BCUT2D eigenvalue weighted by molar-refractivity contribution is 7.89. The lowest BCUT2D eigenvalue weighted by Crippen LogP contribution is -2.62. The average molecular weight is 503 g/mol. The van der Waals surface area contributed by atoms with Crippen LogP contribution in [0.4, 0.5) is 4.79 Å². The molecule has 2 aliphatic rings. The number of rotatable bonds is 8. The van der Waals surface area contributed by atoms with E-state index in [0.29, 0.717) is 25.9 Å². The second-order valence-electron chi connectivity index (χ2n) is 8.16. The van der Waals surface area contributed by atoms with Crippen LogP contribution in [-0.2, 0) is 24.8 Å². The molecule has 0 saturated carbocycles. The lowest BCUT2D eigenvalue weighted by atomic mass is 9.97. The minimum atomic E-state index is -3.90. The van der Waals surface area contributed by atoms with Crippen LogP contribution in [0, 0.1) is 5.92 Å². The van der Waals surface area contributed by atoms with Crippen molar-refractivity contribution in [1.82, 2.24) is 18.8 Å². The van der Waals surface area contributed by atoms with Gasteiger partial charge in [-0.2, -0.15) is 8.61 Å². The smallest absolute Gasteiger partial charge is 0.407 e. The van der Waals surface area contributed by atoms with Gasteiger partial charge in [-0.3, -0.25) is 4.79 Å². The Morgan fingerprint density at radius 3 is 2.15 bits per heavy atom. The number of hydrogen-bond donors (Lipinski definition) is 2. The van der Waals surface area contributed by atoms with E-state index in [-0.39, 0.29) is 47.9 Å². The summed E-state index contributed by atoms with van der Waals surface area (Å²) in [4.78, 5) is 24.6. The van der Waals surface area contributed by atoms with Gasteiger partial charge in [-0.15, -0.1) is 0 Å². The molecule has 0 radical (unpaired) electrons. The summed E-state index contributed by atoms with van der Waals surface area (Å²) in [7, 11) is -7.60. The van der Waals surface area contributed by atoms with Crippen LogP contribution in [0.25, 0.3) is 0 Å². The van der Waals surface area contributed by atoms with Crippen LogP contribution in [0.3, 0.4) is 0 Å². The predicted molar refractivity (Wildman–Crippen MR) is 120 cm³/mol. The Labute approximate surface area is 194 Å². The van der Waals surface area contributed by atoms with Gasteiger partial charge in [0.15, 0.2) is 0 Å². The molecular formula is C20H30N4O7S2. The Bertz CT molecular complexity index is 1080. The van der Waals surface area contributed by atoms with Gasteiger partial charge in [-0.05, 0) is 37.1 Å². The Kier molecular flexibility index (Phi) is 7.66. The highest BCUT2D eigenvalue weighted by atomic mass is 32.2. The molecule has 0 aliphatic carbocycles. The minimum Gasteiger partial charge on any atom is -0.465 e. The highest BCUT2D eigenvalue weighted by Crippen LogP contribution is 2.26. The summed E-state index contributed by atoms with van der Waals surface area (Å²) in [5.74, 6) is -0.819. The van der Waals surface area contributed by atoms with Crippen LogP contribution in [-0.4, -0.2) is 92.8 Å². The fourth-order valence-corrected chi connectivity index (χ4v) is 7.05. The molecule has 2 fully saturated rings. The lowest BCUT2D eigenvalue weighted by molar-refractivity contribution is -0.127. The van der Waals surface area contributed by atoms with Gasteiger partial charge in [-0.25, -0.2) is 21.6 Å². The normalized spacial score (nSPS) is 20.5. The molecule has 33 heavy (non-hydrogen) atoms. The maximum atomic E-state index is 13.1. The summed E-state index contributed by atoms with van der Waals surface area (Å²) in [6.45, 7) is 4.81. The van der Waals surface area contributed by atoms with Crippen LogP contribution < -0.4 is 5.32 Å². The Balaban J connectivity index is 1.67. The quantitative estimate of drug-likeness (QED) is 0.529. The van der Waals surface area contributed by atoms with E-state index in [1.54, 1.807) is 13.8 Å². The molecule has 0 spiro atoms. The summed E-state index contributed by atoms with van der Waals surface area (Å²) in [6.07, 6.45) is 0.0118. The molecule has 0 aromatic heterocycles. The first kappa shape index (κ1) is 25.4. The fraction of sp³-hybridized carbons (Fsp3) is 0.600. The summed E-state index contributed by atoms with van der Waals surface area (Å²) < 4.78 is 54.1. The number of carboxylic acid groups (broad SMARTS) is 1. The first-order valence-electron chi connectivity index (χ1n) is 10.9. The molecule has 13 heteroatoms. The number of carbonyl (C=O) groups is 2. The van der Waals surface area contributed by atoms with Crippen molar-refractivity contribution in [2.24, 2.45) is 5.92 Å². The number of nitrogens with zero attached hydrogens (tertiary/aromatic N) is 3. The first-order valence-corrected chi connectivity index (χ1v) is 13.8. The summed E-state index contributed by atoms with van der Waals surface area (Å²) in [5, 5.41) is 11.7. The predicted octanol–water partition coefficient (Wildman–Crippen LogP) is 0.596. The Morgan fingerprint density at radius 1 is 1.03 bits per heavy atom. The van der Waals surface area contributed by atoms with Crippen molar-refractivity contribution in [3.8, 4) is 0 Å². The van der Waals surface area contributed by atoms with Crippen LogP contribution >= 0.6 is 0 Å². The van der Waals surface area contributed by atoms with Crippen molar-refractivity contribution < 1.29 is 31.5 Å². The molecule has 11 nitrogen and oxygen atoms in total. The molecular weight excluding hydrogens is 472 g/mol.